The van der Waals surface area contributed by atoms with E-state index in [2.05, 4.69) is 15.0 Å². The maximum Gasteiger partial charge on any atom is 0.259 e. The molecule has 0 atom stereocenters. The van der Waals surface area contributed by atoms with Crippen LogP contribution in [0.4, 0.5) is 0 Å². The predicted molar refractivity (Wildman–Crippen MR) is 121 cm³/mol. The Morgan fingerprint density at radius 3 is 2.66 bits per heavy atom. The highest BCUT2D eigenvalue weighted by molar-refractivity contribution is 6.01. The first-order chi connectivity index (χ1) is 15.5. The first-order valence-corrected chi connectivity index (χ1v) is 9.61. The minimum atomic E-state index is -0.787. The van der Waals surface area contributed by atoms with Crippen molar-refractivity contribution in [1.29, 1.82) is 5.26 Å². The van der Waals surface area contributed by atoms with E-state index >= 15 is 0 Å². The Bertz CT molecular complexity index is 1400. The van der Waals surface area contributed by atoms with Gasteiger partial charge in [0.2, 0.25) is 5.88 Å². The van der Waals surface area contributed by atoms with E-state index in [4.69, 9.17) is 20.5 Å². The lowest BCUT2D eigenvalue weighted by molar-refractivity contribution is -0.114. The Balaban J connectivity index is 1.84. The van der Waals surface area contributed by atoms with E-state index in [1.807, 2.05) is 42.6 Å². The van der Waals surface area contributed by atoms with Crippen LogP contribution in [-0.4, -0.2) is 35.1 Å². The van der Waals surface area contributed by atoms with Gasteiger partial charge in [-0.3, -0.25) is 4.79 Å². The molecule has 0 saturated carbocycles. The fourth-order valence-electron chi connectivity index (χ4n) is 3.40. The van der Waals surface area contributed by atoms with Crippen molar-refractivity contribution in [2.75, 3.05) is 14.2 Å². The Kier molecular flexibility index (Phi) is 5.55. The minimum absolute atomic E-state index is 0.141. The molecular formula is C24H19N5O3. The molecule has 0 saturated heterocycles. The number of nitrogens with two attached hydrogens (primary N) is 1. The van der Waals surface area contributed by atoms with Crippen LogP contribution >= 0.6 is 0 Å². The van der Waals surface area contributed by atoms with E-state index in [9.17, 15) is 4.79 Å². The van der Waals surface area contributed by atoms with Crippen LogP contribution in [0.25, 0.3) is 39.4 Å². The standard InChI is InChI=1S/C24H19N5O3/c1-31-19-7-14(6-17(11-25)23(26)30)5-16(8-19)18-9-20-21(13-29-24(20)28-12-18)15-3-4-27-22(10-15)32-2/h3-10,12-13H,1-2H3,(H2,26,30)(H,28,29). The molecule has 158 valence electrons. The van der Waals surface area contributed by atoms with Crippen molar-refractivity contribution in [3.8, 4) is 40.0 Å². The van der Waals surface area contributed by atoms with Crippen LogP contribution < -0.4 is 15.2 Å². The molecule has 3 heterocycles. The minimum Gasteiger partial charge on any atom is -0.497 e. The molecule has 3 N–H and O–H groups in total. The summed E-state index contributed by atoms with van der Waals surface area (Å²) in [5.74, 6) is 0.307. The first kappa shape index (κ1) is 20.6. The van der Waals surface area contributed by atoms with Crippen molar-refractivity contribution < 1.29 is 14.3 Å². The fourth-order valence-corrected chi connectivity index (χ4v) is 3.40. The molecule has 1 aromatic carbocycles. The summed E-state index contributed by atoms with van der Waals surface area (Å²) in [7, 11) is 3.13. The molecule has 0 aliphatic carbocycles. The van der Waals surface area contributed by atoms with E-state index in [1.54, 1.807) is 32.7 Å². The van der Waals surface area contributed by atoms with Crippen LogP contribution in [0.2, 0.25) is 0 Å². The van der Waals surface area contributed by atoms with Crippen LogP contribution in [0.1, 0.15) is 5.56 Å². The monoisotopic (exact) mass is 425 g/mol. The molecule has 0 bridgehead atoms. The molecule has 4 rings (SSSR count). The summed E-state index contributed by atoms with van der Waals surface area (Å²) in [6, 6.07) is 13.0. The molecule has 0 unspecified atom stereocenters. The van der Waals surface area contributed by atoms with Crippen molar-refractivity contribution >= 4 is 23.0 Å². The number of nitriles is 1. The van der Waals surface area contributed by atoms with Crippen molar-refractivity contribution in [1.82, 2.24) is 15.0 Å². The maximum atomic E-state index is 11.5. The van der Waals surface area contributed by atoms with E-state index in [-0.39, 0.29) is 5.57 Å². The smallest absolute Gasteiger partial charge is 0.259 e. The number of ether oxygens (including phenoxy) is 2. The molecule has 4 aromatic rings. The number of H-pyrrole nitrogens is 1. The zero-order chi connectivity index (χ0) is 22.7. The molecule has 8 heteroatoms. The largest absolute Gasteiger partial charge is 0.497 e. The second-order valence-electron chi connectivity index (χ2n) is 6.94. The molecular weight excluding hydrogens is 406 g/mol. The third-order valence-corrected chi connectivity index (χ3v) is 4.98. The van der Waals surface area contributed by atoms with Gasteiger partial charge in [0.25, 0.3) is 5.91 Å². The topological polar surface area (TPSA) is 127 Å². The summed E-state index contributed by atoms with van der Waals surface area (Å²) in [4.78, 5) is 23.4. The number of nitrogens with one attached hydrogen (secondary N) is 1. The van der Waals surface area contributed by atoms with Crippen molar-refractivity contribution in [3.05, 3.63) is 66.1 Å². The van der Waals surface area contributed by atoms with Gasteiger partial charge >= 0.3 is 0 Å². The van der Waals surface area contributed by atoms with Crippen molar-refractivity contribution in [3.63, 3.8) is 0 Å². The number of nitrogens with zero attached hydrogens (tertiary/aromatic N) is 3. The van der Waals surface area contributed by atoms with E-state index in [1.165, 1.54) is 6.08 Å². The normalized spacial score (nSPS) is 11.2. The Morgan fingerprint density at radius 1 is 1.09 bits per heavy atom. The van der Waals surface area contributed by atoms with Gasteiger partial charge in [-0.1, -0.05) is 0 Å². The maximum absolute atomic E-state index is 11.5. The third kappa shape index (κ3) is 4.00. The molecule has 0 fully saturated rings. The zero-order valence-corrected chi connectivity index (χ0v) is 17.4. The van der Waals surface area contributed by atoms with Gasteiger partial charge in [-0.2, -0.15) is 5.26 Å². The number of aromatic nitrogens is 3. The molecule has 0 spiro atoms. The van der Waals surface area contributed by atoms with Crippen LogP contribution in [0.3, 0.4) is 0 Å². The van der Waals surface area contributed by atoms with Crippen molar-refractivity contribution in [2.45, 2.75) is 0 Å². The van der Waals surface area contributed by atoms with Crippen molar-refractivity contribution in [2.24, 2.45) is 5.73 Å². The van der Waals surface area contributed by atoms with Gasteiger partial charge in [0.15, 0.2) is 0 Å². The summed E-state index contributed by atoms with van der Waals surface area (Å²) < 4.78 is 10.7. The van der Waals surface area contributed by atoms with E-state index in [0.29, 0.717) is 17.2 Å². The highest BCUT2D eigenvalue weighted by Gasteiger charge is 2.12. The lowest BCUT2D eigenvalue weighted by Gasteiger charge is -2.08. The Hall–Kier alpha value is -4.64. The molecule has 8 nitrogen and oxygen atoms in total. The van der Waals surface area contributed by atoms with E-state index < -0.39 is 5.91 Å². The average Bonchev–Trinajstić information content (AvgIpc) is 3.25. The molecule has 3 aromatic heterocycles. The SMILES string of the molecule is COc1cc(C=C(C#N)C(N)=O)cc(-c2cnc3[nH]cc(-c4ccnc(OC)c4)c3c2)c1. The number of methoxy groups -OCH3 is 2. The second-order valence-corrected chi connectivity index (χ2v) is 6.94. The molecule has 0 aliphatic heterocycles. The Labute approximate surface area is 183 Å². The number of aromatic amines is 1. The number of fused-ring (bicyclic) bond motifs is 1. The van der Waals surface area contributed by atoms with Crippen LogP contribution in [0.15, 0.2) is 60.6 Å². The quantitative estimate of drug-likeness (QED) is 0.358. The summed E-state index contributed by atoms with van der Waals surface area (Å²) in [6.07, 6.45) is 6.76. The molecule has 0 radical (unpaired) electrons. The van der Waals surface area contributed by atoms with Gasteiger partial charge in [-0.05, 0) is 53.1 Å². The number of pyridine rings is 2. The van der Waals surface area contributed by atoms with Gasteiger partial charge in [-0.15, -0.1) is 0 Å². The number of hydrogen-bond donors (Lipinski definition) is 2. The molecule has 32 heavy (non-hydrogen) atoms. The number of carbonyl (C=O) groups is 1. The third-order valence-electron chi connectivity index (χ3n) is 4.98. The van der Waals surface area contributed by atoms with Crippen LogP contribution in [0, 0.1) is 11.3 Å². The molecule has 1 amide bonds. The van der Waals surface area contributed by atoms with Gasteiger partial charge in [0.05, 0.1) is 14.2 Å². The summed E-state index contributed by atoms with van der Waals surface area (Å²) >= 11 is 0. The lowest BCUT2D eigenvalue weighted by atomic mass is 10.00. The number of rotatable bonds is 6. The second kappa shape index (κ2) is 8.62. The number of hydrogen-bond acceptors (Lipinski definition) is 6. The Morgan fingerprint density at radius 2 is 1.94 bits per heavy atom. The first-order valence-electron chi connectivity index (χ1n) is 9.61. The predicted octanol–water partition coefficient (Wildman–Crippen LogP) is 3.70. The average molecular weight is 425 g/mol. The highest BCUT2D eigenvalue weighted by atomic mass is 16.5. The number of amides is 1. The number of primary amides is 1. The lowest BCUT2D eigenvalue weighted by Crippen LogP contribution is -2.12. The summed E-state index contributed by atoms with van der Waals surface area (Å²) in [5, 5.41) is 10.1. The van der Waals surface area contributed by atoms with Crippen LogP contribution in [0.5, 0.6) is 11.6 Å². The highest BCUT2D eigenvalue weighted by Crippen LogP contribution is 2.33. The van der Waals surface area contributed by atoms with Gasteiger partial charge in [0.1, 0.15) is 23.0 Å². The number of carbonyl (C=O) groups excluding carboxylic acids is 1. The van der Waals surface area contributed by atoms with Gasteiger partial charge < -0.3 is 20.2 Å². The number of benzene rings is 1. The van der Waals surface area contributed by atoms with Gasteiger partial charge in [0, 0.05) is 41.2 Å². The zero-order valence-electron chi connectivity index (χ0n) is 17.4. The summed E-state index contributed by atoms with van der Waals surface area (Å²) in [6.45, 7) is 0. The van der Waals surface area contributed by atoms with Crippen LogP contribution in [-0.2, 0) is 4.79 Å². The van der Waals surface area contributed by atoms with E-state index in [0.717, 1.165) is 33.3 Å². The summed E-state index contributed by atoms with van der Waals surface area (Å²) in [5.41, 5.74) is 10.0. The van der Waals surface area contributed by atoms with Gasteiger partial charge in [-0.25, -0.2) is 9.97 Å². The fraction of sp³-hybridized carbons (Fsp3) is 0.0833. The molecule has 0 aliphatic rings.